The molecule has 4 aromatic rings. The highest BCUT2D eigenvalue weighted by Gasteiger charge is 2.30. The highest BCUT2D eigenvalue weighted by atomic mass is 19.4. The standard InChI is InChI=1S/C28H28F3N5O3/c29-28(30,31)39-24-8-1-20(2-9-24)18-33-22-4-6-23(7-5-22)36-19-34-25-17-21(3-10-26(25)36)27(37)32-11-12-35-13-15-38-16-14-35/h1-10,17,19,33H,11-16,18H2,(H,32,37). The van der Waals surface area contributed by atoms with Crippen LogP contribution in [0.4, 0.5) is 18.9 Å². The van der Waals surface area contributed by atoms with Crippen LogP contribution in [0.5, 0.6) is 5.75 Å². The third kappa shape index (κ3) is 7.06. The van der Waals surface area contributed by atoms with E-state index >= 15 is 0 Å². The van der Waals surface area contributed by atoms with Crippen LogP contribution >= 0.6 is 0 Å². The Morgan fingerprint density at radius 3 is 2.46 bits per heavy atom. The summed E-state index contributed by atoms with van der Waals surface area (Å²) in [5, 5.41) is 6.23. The first-order chi connectivity index (χ1) is 18.8. The summed E-state index contributed by atoms with van der Waals surface area (Å²) in [7, 11) is 0. The first-order valence-electron chi connectivity index (χ1n) is 12.6. The Bertz CT molecular complexity index is 1400. The molecule has 204 valence electrons. The fourth-order valence-corrected chi connectivity index (χ4v) is 4.37. The molecule has 8 nitrogen and oxygen atoms in total. The van der Waals surface area contributed by atoms with Crippen LogP contribution in [0.2, 0.25) is 0 Å². The molecule has 2 N–H and O–H groups in total. The van der Waals surface area contributed by atoms with Crippen LogP contribution in [0.25, 0.3) is 16.7 Å². The first kappa shape index (κ1) is 26.5. The number of hydrogen-bond acceptors (Lipinski definition) is 6. The van der Waals surface area contributed by atoms with Gasteiger partial charge in [-0.3, -0.25) is 14.3 Å². The summed E-state index contributed by atoms with van der Waals surface area (Å²) < 4.78 is 48.1. The van der Waals surface area contributed by atoms with Gasteiger partial charge in [0.15, 0.2) is 0 Å². The number of nitrogens with one attached hydrogen (secondary N) is 2. The van der Waals surface area contributed by atoms with Gasteiger partial charge in [0.25, 0.3) is 5.91 Å². The predicted molar refractivity (Wildman–Crippen MR) is 141 cm³/mol. The zero-order valence-corrected chi connectivity index (χ0v) is 21.1. The van der Waals surface area contributed by atoms with Crippen LogP contribution in [-0.4, -0.2) is 66.1 Å². The van der Waals surface area contributed by atoms with Crippen molar-refractivity contribution in [3.63, 3.8) is 0 Å². The van der Waals surface area contributed by atoms with Crippen LogP contribution in [-0.2, 0) is 11.3 Å². The van der Waals surface area contributed by atoms with Crippen molar-refractivity contribution < 1.29 is 27.4 Å². The topological polar surface area (TPSA) is 80.7 Å². The quantitative estimate of drug-likeness (QED) is 0.324. The van der Waals surface area contributed by atoms with E-state index in [0.29, 0.717) is 18.7 Å². The Kier molecular flexibility index (Phi) is 7.99. The van der Waals surface area contributed by atoms with Crippen molar-refractivity contribution in [2.75, 3.05) is 44.7 Å². The van der Waals surface area contributed by atoms with Crippen LogP contribution < -0.4 is 15.4 Å². The lowest BCUT2D eigenvalue weighted by Gasteiger charge is -2.26. The molecule has 0 radical (unpaired) electrons. The molecule has 0 aliphatic carbocycles. The van der Waals surface area contributed by atoms with E-state index in [1.165, 1.54) is 12.1 Å². The minimum Gasteiger partial charge on any atom is -0.406 e. The number of aromatic nitrogens is 2. The minimum absolute atomic E-state index is 0.127. The number of halogens is 3. The maximum atomic E-state index is 12.6. The summed E-state index contributed by atoms with van der Waals surface area (Å²) >= 11 is 0. The van der Waals surface area contributed by atoms with E-state index < -0.39 is 6.36 Å². The largest absolute Gasteiger partial charge is 0.573 e. The molecule has 1 aliphatic rings. The third-order valence-electron chi connectivity index (χ3n) is 6.43. The van der Waals surface area contributed by atoms with Crippen molar-refractivity contribution in [3.05, 3.63) is 84.2 Å². The maximum Gasteiger partial charge on any atom is 0.573 e. The highest BCUT2D eigenvalue weighted by molar-refractivity contribution is 5.97. The van der Waals surface area contributed by atoms with Crippen LogP contribution in [0.3, 0.4) is 0 Å². The number of benzene rings is 3. The predicted octanol–water partition coefficient (Wildman–Crippen LogP) is 4.60. The molecule has 3 aromatic carbocycles. The van der Waals surface area contributed by atoms with Gasteiger partial charge in [0, 0.05) is 49.7 Å². The highest BCUT2D eigenvalue weighted by Crippen LogP contribution is 2.24. The Morgan fingerprint density at radius 2 is 1.74 bits per heavy atom. The number of hydrogen-bond donors (Lipinski definition) is 2. The molecular formula is C28H28F3N5O3. The second kappa shape index (κ2) is 11.7. The molecule has 0 unspecified atom stereocenters. The number of morpholine rings is 1. The molecule has 1 saturated heterocycles. The number of imidazole rings is 1. The molecule has 1 amide bonds. The number of carbonyl (C=O) groups excluding carboxylic acids is 1. The summed E-state index contributed by atoms with van der Waals surface area (Å²) in [5.41, 5.74) is 4.73. The average molecular weight is 540 g/mol. The third-order valence-corrected chi connectivity index (χ3v) is 6.43. The summed E-state index contributed by atoms with van der Waals surface area (Å²) in [6.07, 6.45) is -2.99. The summed E-state index contributed by atoms with van der Waals surface area (Å²) in [6, 6.07) is 18.9. The second-order valence-corrected chi connectivity index (χ2v) is 9.12. The van der Waals surface area contributed by atoms with Gasteiger partial charge in [-0.15, -0.1) is 13.2 Å². The SMILES string of the molecule is O=C(NCCN1CCOCC1)c1ccc2c(c1)ncn2-c1ccc(NCc2ccc(OC(F)(F)F)cc2)cc1. The molecule has 11 heteroatoms. The average Bonchev–Trinajstić information content (AvgIpc) is 3.36. The van der Waals surface area contributed by atoms with E-state index in [0.717, 1.165) is 60.8 Å². The molecule has 1 aromatic heterocycles. The van der Waals surface area contributed by atoms with Gasteiger partial charge < -0.3 is 20.1 Å². The van der Waals surface area contributed by atoms with Gasteiger partial charge in [-0.25, -0.2) is 4.98 Å². The Labute approximate surface area is 223 Å². The van der Waals surface area contributed by atoms with Crippen LogP contribution in [0, 0.1) is 0 Å². The van der Waals surface area contributed by atoms with Crippen molar-refractivity contribution in [2.45, 2.75) is 12.9 Å². The number of rotatable bonds is 9. The van der Waals surface area contributed by atoms with Gasteiger partial charge in [-0.2, -0.15) is 0 Å². The maximum absolute atomic E-state index is 12.6. The van der Waals surface area contributed by atoms with E-state index in [-0.39, 0.29) is 11.7 Å². The first-order valence-corrected chi connectivity index (χ1v) is 12.6. The van der Waals surface area contributed by atoms with Crippen molar-refractivity contribution >= 4 is 22.6 Å². The Hall–Kier alpha value is -4.09. The van der Waals surface area contributed by atoms with E-state index in [1.54, 1.807) is 30.6 Å². The Balaban J connectivity index is 1.17. The van der Waals surface area contributed by atoms with Crippen molar-refractivity contribution in [2.24, 2.45) is 0 Å². The second-order valence-electron chi connectivity index (χ2n) is 9.12. The van der Waals surface area contributed by atoms with Crippen LogP contribution in [0.1, 0.15) is 15.9 Å². The zero-order valence-electron chi connectivity index (χ0n) is 21.1. The van der Waals surface area contributed by atoms with Crippen LogP contribution in [0.15, 0.2) is 73.1 Å². The molecule has 1 aliphatic heterocycles. The van der Waals surface area contributed by atoms with E-state index in [4.69, 9.17) is 4.74 Å². The lowest BCUT2D eigenvalue weighted by atomic mass is 10.2. The number of alkyl halides is 3. The van der Waals surface area contributed by atoms with Gasteiger partial charge in [0.1, 0.15) is 12.1 Å². The molecule has 1 fully saturated rings. The van der Waals surface area contributed by atoms with Gasteiger partial charge in [-0.05, 0) is 60.2 Å². The summed E-state index contributed by atoms with van der Waals surface area (Å²) in [5.74, 6) is -0.377. The number of ether oxygens (including phenoxy) is 2. The molecule has 39 heavy (non-hydrogen) atoms. The lowest BCUT2D eigenvalue weighted by molar-refractivity contribution is -0.274. The number of nitrogens with zero attached hydrogens (tertiary/aromatic N) is 3. The number of amides is 1. The van der Waals surface area contributed by atoms with Gasteiger partial charge in [0.2, 0.25) is 0 Å². The number of carbonyl (C=O) groups is 1. The fraction of sp³-hybridized carbons (Fsp3) is 0.286. The van der Waals surface area contributed by atoms with E-state index in [9.17, 15) is 18.0 Å². The van der Waals surface area contributed by atoms with E-state index in [1.807, 2.05) is 34.9 Å². The van der Waals surface area contributed by atoms with Crippen molar-refractivity contribution in [3.8, 4) is 11.4 Å². The molecule has 0 bridgehead atoms. The molecule has 0 atom stereocenters. The van der Waals surface area contributed by atoms with Crippen molar-refractivity contribution in [1.29, 1.82) is 0 Å². The molecule has 2 heterocycles. The molecule has 0 spiro atoms. The van der Waals surface area contributed by atoms with Crippen molar-refractivity contribution in [1.82, 2.24) is 19.8 Å². The monoisotopic (exact) mass is 539 g/mol. The van der Waals surface area contributed by atoms with E-state index in [2.05, 4.69) is 25.3 Å². The molecule has 0 saturated carbocycles. The number of anilines is 1. The lowest BCUT2D eigenvalue weighted by Crippen LogP contribution is -2.41. The summed E-state index contributed by atoms with van der Waals surface area (Å²) in [4.78, 5) is 19.4. The van der Waals surface area contributed by atoms with Gasteiger partial charge in [0.05, 0.1) is 24.2 Å². The number of fused-ring (bicyclic) bond motifs is 1. The summed E-state index contributed by atoms with van der Waals surface area (Å²) in [6.45, 7) is 5.03. The smallest absolute Gasteiger partial charge is 0.406 e. The minimum atomic E-state index is -4.71. The van der Waals surface area contributed by atoms with Gasteiger partial charge >= 0.3 is 6.36 Å². The molecule has 5 rings (SSSR count). The normalized spacial score (nSPS) is 14.3. The Morgan fingerprint density at radius 1 is 1.00 bits per heavy atom. The molecular weight excluding hydrogens is 511 g/mol. The zero-order chi connectivity index (χ0) is 27.2. The van der Waals surface area contributed by atoms with Gasteiger partial charge in [-0.1, -0.05) is 12.1 Å². The fourth-order valence-electron chi connectivity index (χ4n) is 4.37.